The molecule has 3 aromatic rings. The van der Waals surface area contributed by atoms with Gasteiger partial charge < -0.3 is 8.82 Å². The third kappa shape index (κ3) is 2.72. The van der Waals surface area contributed by atoms with Crippen LogP contribution in [0, 0.1) is 6.92 Å². The van der Waals surface area contributed by atoms with Gasteiger partial charge in [-0.2, -0.15) is 0 Å². The lowest BCUT2D eigenvalue weighted by Crippen LogP contribution is -2.06. The second-order valence-electron chi connectivity index (χ2n) is 5.14. The van der Waals surface area contributed by atoms with Crippen LogP contribution in [0.2, 0.25) is 0 Å². The average Bonchev–Trinajstić information content (AvgIpc) is 3.06. The van der Waals surface area contributed by atoms with Crippen LogP contribution >= 0.6 is 0 Å². The van der Waals surface area contributed by atoms with Gasteiger partial charge in [0.1, 0.15) is 11.5 Å². The lowest BCUT2D eigenvalue weighted by molar-refractivity contribution is -0.118. The highest BCUT2D eigenvalue weighted by Crippen LogP contribution is 2.23. The van der Waals surface area contributed by atoms with Crippen molar-refractivity contribution in [1.29, 1.82) is 0 Å². The SMILES string of the molecule is CCCC(=O)Cc1cn2cc(C)nc2c(-c2ccco2)n1. The molecule has 0 fully saturated rings. The largest absolute Gasteiger partial charge is 0.463 e. The maximum absolute atomic E-state index is 11.9. The molecule has 3 heterocycles. The van der Waals surface area contributed by atoms with Crippen molar-refractivity contribution in [1.82, 2.24) is 14.4 Å². The zero-order valence-corrected chi connectivity index (χ0v) is 12.2. The summed E-state index contributed by atoms with van der Waals surface area (Å²) in [6.07, 6.45) is 7.19. The number of furan rings is 1. The number of nitrogens with zero attached hydrogens (tertiary/aromatic N) is 3. The van der Waals surface area contributed by atoms with E-state index in [-0.39, 0.29) is 5.78 Å². The second kappa shape index (κ2) is 5.52. The van der Waals surface area contributed by atoms with E-state index in [4.69, 9.17) is 4.42 Å². The summed E-state index contributed by atoms with van der Waals surface area (Å²) in [4.78, 5) is 20.9. The Morgan fingerprint density at radius 2 is 2.19 bits per heavy atom. The third-order valence-electron chi connectivity index (χ3n) is 3.27. The molecule has 3 rings (SSSR count). The van der Waals surface area contributed by atoms with E-state index in [0.717, 1.165) is 23.5 Å². The number of carbonyl (C=O) groups is 1. The van der Waals surface area contributed by atoms with E-state index in [1.54, 1.807) is 6.26 Å². The molecule has 0 saturated heterocycles. The Morgan fingerprint density at radius 3 is 2.90 bits per heavy atom. The molecule has 0 unspecified atom stereocenters. The number of fused-ring (bicyclic) bond motifs is 1. The van der Waals surface area contributed by atoms with Crippen LogP contribution in [0.15, 0.2) is 35.2 Å². The van der Waals surface area contributed by atoms with Gasteiger partial charge in [0.25, 0.3) is 0 Å². The maximum atomic E-state index is 11.9. The number of hydrogen-bond acceptors (Lipinski definition) is 4. The summed E-state index contributed by atoms with van der Waals surface area (Å²) in [5.74, 6) is 0.863. The first-order valence-electron chi connectivity index (χ1n) is 7.08. The van der Waals surface area contributed by atoms with Crippen molar-refractivity contribution in [2.45, 2.75) is 33.1 Å². The van der Waals surface area contributed by atoms with E-state index >= 15 is 0 Å². The van der Waals surface area contributed by atoms with Crippen LogP contribution in [-0.2, 0) is 11.2 Å². The lowest BCUT2D eigenvalue weighted by Gasteiger charge is -2.05. The molecule has 21 heavy (non-hydrogen) atoms. The Morgan fingerprint density at radius 1 is 1.33 bits per heavy atom. The Labute approximate surface area is 122 Å². The number of hydrogen-bond donors (Lipinski definition) is 0. The highest BCUT2D eigenvalue weighted by atomic mass is 16.3. The van der Waals surface area contributed by atoms with Crippen molar-refractivity contribution < 1.29 is 9.21 Å². The monoisotopic (exact) mass is 283 g/mol. The fourth-order valence-electron chi connectivity index (χ4n) is 2.41. The van der Waals surface area contributed by atoms with Crippen LogP contribution in [0.25, 0.3) is 17.1 Å². The van der Waals surface area contributed by atoms with Crippen LogP contribution in [0.4, 0.5) is 0 Å². The molecule has 0 saturated carbocycles. The number of aryl methyl sites for hydroxylation is 1. The maximum Gasteiger partial charge on any atom is 0.167 e. The minimum Gasteiger partial charge on any atom is -0.463 e. The van der Waals surface area contributed by atoms with Crippen molar-refractivity contribution >= 4 is 11.4 Å². The molecule has 0 bridgehead atoms. The Balaban J connectivity index is 2.09. The van der Waals surface area contributed by atoms with Gasteiger partial charge in [0.2, 0.25) is 0 Å². The van der Waals surface area contributed by atoms with E-state index in [0.29, 0.717) is 24.3 Å². The number of imidazole rings is 1. The summed E-state index contributed by atoms with van der Waals surface area (Å²) in [5.41, 5.74) is 3.07. The molecule has 0 spiro atoms. The molecule has 0 radical (unpaired) electrons. The summed E-state index contributed by atoms with van der Waals surface area (Å²) < 4.78 is 7.36. The zero-order valence-electron chi connectivity index (χ0n) is 12.2. The summed E-state index contributed by atoms with van der Waals surface area (Å²) in [7, 11) is 0. The van der Waals surface area contributed by atoms with Crippen LogP contribution in [0.3, 0.4) is 0 Å². The number of Topliss-reactive ketones (excluding diaryl/α,β-unsaturated/α-hetero) is 1. The molecule has 108 valence electrons. The quantitative estimate of drug-likeness (QED) is 0.721. The van der Waals surface area contributed by atoms with Gasteiger partial charge in [0.15, 0.2) is 11.4 Å². The summed E-state index contributed by atoms with van der Waals surface area (Å²) in [5, 5.41) is 0. The normalized spacial score (nSPS) is 11.1. The van der Waals surface area contributed by atoms with Crippen molar-refractivity contribution in [2.75, 3.05) is 0 Å². The standard InChI is InChI=1S/C16H17N3O2/c1-3-5-13(20)8-12-10-19-9-11(2)17-16(19)15(18-12)14-6-4-7-21-14/h4,6-7,9-10H,3,5,8H2,1-2H3. The van der Waals surface area contributed by atoms with Crippen molar-refractivity contribution in [3.05, 3.63) is 42.2 Å². The smallest absolute Gasteiger partial charge is 0.167 e. The van der Waals surface area contributed by atoms with Crippen molar-refractivity contribution in [2.24, 2.45) is 0 Å². The molecule has 3 aromatic heterocycles. The van der Waals surface area contributed by atoms with E-state index < -0.39 is 0 Å². The minimum absolute atomic E-state index is 0.201. The zero-order chi connectivity index (χ0) is 14.8. The van der Waals surface area contributed by atoms with Gasteiger partial charge in [0.05, 0.1) is 24.1 Å². The molecule has 0 aromatic carbocycles. The van der Waals surface area contributed by atoms with Gasteiger partial charge >= 0.3 is 0 Å². The van der Waals surface area contributed by atoms with Gasteiger partial charge in [-0.15, -0.1) is 0 Å². The van der Waals surface area contributed by atoms with Crippen LogP contribution in [-0.4, -0.2) is 20.2 Å². The predicted octanol–water partition coefficient (Wildman–Crippen LogP) is 3.21. The third-order valence-corrected chi connectivity index (χ3v) is 3.27. The lowest BCUT2D eigenvalue weighted by atomic mass is 10.1. The summed E-state index contributed by atoms with van der Waals surface area (Å²) in [6.45, 7) is 3.93. The summed E-state index contributed by atoms with van der Waals surface area (Å²) in [6, 6.07) is 3.67. The first-order valence-corrected chi connectivity index (χ1v) is 7.08. The van der Waals surface area contributed by atoms with E-state index in [9.17, 15) is 4.79 Å². The number of aromatic nitrogens is 3. The van der Waals surface area contributed by atoms with Crippen LogP contribution in [0.1, 0.15) is 31.2 Å². The second-order valence-corrected chi connectivity index (χ2v) is 5.14. The van der Waals surface area contributed by atoms with Gasteiger partial charge in [-0.25, -0.2) is 9.97 Å². The molecule has 5 heteroatoms. The predicted molar refractivity (Wildman–Crippen MR) is 79.0 cm³/mol. The Kier molecular flexibility index (Phi) is 3.56. The van der Waals surface area contributed by atoms with Gasteiger partial charge in [0, 0.05) is 18.8 Å². The molecular weight excluding hydrogens is 266 g/mol. The van der Waals surface area contributed by atoms with Crippen molar-refractivity contribution in [3.63, 3.8) is 0 Å². The average molecular weight is 283 g/mol. The Bertz CT molecular complexity index is 772. The molecule has 0 aliphatic carbocycles. The summed E-state index contributed by atoms with van der Waals surface area (Å²) >= 11 is 0. The fourth-order valence-corrected chi connectivity index (χ4v) is 2.41. The van der Waals surface area contributed by atoms with Gasteiger partial charge in [-0.1, -0.05) is 6.92 Å². The Hall–Kier alpha value is -2.43. The number of carbonyl (C=O) groups excluding carboxylic acids is 1. The van der Waals surface area contributed by atoms with Crippen molar-refractivity contribution in [3.8, 4) is 11.5 Å². The fraction of sp³-hybridized carbons (Fsp3) is 0.312. The molecule has 0 N–H and O–H groups in total. The van der Waals surface area contributed by atoms with Crippen LogP contribution in [0.5, 0.6) is 0 Å². The minimum atomic E-state index is 0.201. The van der Waals surface area contributed by atoms with E-state index in [1.165, 1.54) is 0 Å². The highest BCUT2D eigenvalue weighted by molar-refractivity contribution is 5.81. The van der Waals surface area contributed by atoms with Gasteiger partial charge in [-0.3, -0.25) is 4.79 Å². The molecule has 0 aliphatic rings. The molecule has 0 aliphatic heterocycles. The van der Waals surface area contributed by atoms with E-state index in [2.05, 4.69) is 9.97 Å². The first kappa shape index (κ1) is 13.5. The molecule has 0 amide bonds. The molecular formula is C16H17N3O2. The molecule has 0 atom stereocenters. The first-order chi connectivity index (χ1) is 10.2. The van der Waals surface area contributed by atoms with E-state index in [1.807, 2.05) is 42.8 Å². The van der Waals surface area contributed by atoms with Gasteiger partial charge in [-0.05, 0) is 25.5 Å². The number of ketones is 1. The van der Waals surface area contributed by atoms with Crippen LogP contribution < -0.4 is 0 Å². The topological polar surface area (TPSA) is 60.4 Å². The number of rotatable bonds is 5. The molecule has 5 nitrogen and oxygen atoms in total. The highest BCUT2D eigenvalue weighted by Gasteiger charge is 2.14.